The molecule has 3 rings (SSSR count). The first-order chi connectivity index (χ1) is 13.2. The van der Waals surface area contributed by atoms with Gasteiger partial charge in [-0.25, -0.2) is 4.39 Å². The van der Waals surface area contributed by atoms with Gasteiger partial charge in [0.1, 0.15) is 5.82 Å². The van der Waals surface area contributed by atoms with E-state index in [1.54, 1.807) is 24.3 Å². The van der Waals surface area contributed by atoms with E-state index in [0.717, 1.165) is 35.1 Å². The Hall–Kier alpha value is -3.43. The fraction of sp³-hybridized carbons (Fsp3) is 0.167. The summed E-state index contributed by atoms with van der Waals surface area (Å²) in [5.41, 5.74) is 4.89. The van der Waals surface area contributed by atoms with Crippen molar-refractivity contribution in [1.82, 2.24) is 0 Å². The van der Waals surface area contributed by atoms with Gasteiger partial charge in [0.15, 0.2) is 0 Å². The van der Waals surface area contributed by atoms with Gasteiger partial charge in [-0.1, -0.05) is 42.5 Å². The van der Waals surface area contributed by atoms with Gasteiger partial charge >= 0.3 is 0 Å². The molecule has 0 unspecified atom stereocenters. The Labute approximate surface area is 159 Å². The molecule has 0 amide bonds. The molecule has 0 N–H and O–H groups in total. The molecule has 0 saturated carbocycles. The van der Waals surface area contributed by atoms with E-state index < -0.39 is 0 Å². The SMILES string of the molecule is N#Cc1ccc(CCc2cccc(CCc3ccc(C#N)cc3)c2F)cc1. The predicted molar refractivity (Wildman–Crippen MR) is 104 cm³/mol. The van der Waals surface area contributed by atoms with Gasteiger partial charge in [-0.3, -0.25) is 0 Å². The van der Waals surface area contributed by atoms with Crippen LogP contribution in [0.25, 0.3) is 0 Å². The molecule has 0 aliphatic rings. The average molecular weight is 354 g/mol. The van der Waals surface area contributed by atoms with Crippen molar-refractivity contribution >= 4 is 0 Å². The lowest BCUT2D eigenvalue weighted by Gasteiger charge is -2.09. The minimum Gasteiger partial charge on any atom is -0.206 e. The summed E-state index contributed by atoms with van der Waals surface area (Å²) in [5.74, 6) is -0.125. The number of nitrogens with zero attached hydrogens (tertiary/aromatic N) is 2. The maximum Gasteiger partial charge on any atom is 0.129 e. The molecule has 3 aromatic carbocycles. The summed E-state index contributed by atoms with van der Waals surface area (Å²) in [6.07, 6.45) is 2.73. The van der Waals surface area contributed by atoms with Gasteiger partial charge in [0.05, 0.1) is 23.3 Å². The smallest absolute Gasteiger partial charge is 0.129 e. The molecule has 0 bridgehead atoms. The molecule has 0 heterocycles. The molecular weight excluding hydrogens is 335 g/mol. The quantitative estimate of drug-likeness (QED) is 0.615. The van der Waals surface area contributed by atoms with Gasteiger partial charge in [-0.2, -0.15) is 10.5 Å². The largest absolute Gasteiger partial charge is 0.206 e. The molecule has 3 aromatic rings. The summed E-state index contributed by atoms with van der Waals surface area (Å²) in [7, 11) is 0. The van der Waals surface area contributed by atoms with Crippen LogP contribution >= 0.6 is 0 Å². The Morgan fingerprint density at radius 2 is 1.00 bits per heavy atom. The first kappa shape index (κ1) is 18.4. The molecule has 0 aliphatic carbocycles. The first-order valence-corrected chi connectivity index (χ1v) is 8.94. The fourth-order valence-corrected chi connectivity index (χ4v) is 3.07. The van der Waals surface area contributed by atoms with Gasteiger partial charge in [-0.15, -0.1) is 0 Å². The van der Waals surface area contributed by atoms with Crippen LogP contribution in [0.15, 0.2) is 66.7 Å². The zero-order valence-electron chi connectivity index (χ0n) is 15.0. The van der Waals surface area contributed by atoms with Gasteiger partial charge in [0, 0.05) is 0 Å². The van der Waals surface area contributed by atoms with Crippen molar-refractivity contribution in [3.8, 4) is 12.1 Å². The van der Waals surface area contributed by atoms with Crippen LogP contribution in [0.2, 0.25) is 0 Å². The normalized spacial score (nSPS) is 10.2. The number of hydrogen-bond donors (Lipinski definition) is 0. The maximum absolute atomic E-state index is 14.8. The van der Waals surface area contributed by atoms with Crippen molar-refractivity contribution in [2.24, 2.45) is 0 Å². The van der Waals surface area contributed by atoms with E-state index in [2.05, 4.69) is 12.1 Å². The van der Waals surface area contributed by atoms with E-state index in [1.165, 1.54) is 0 Å². The Kier molecular flexibility index (Phi) is 5.98. The number of nitriles is 2. The Morgan fingerprint density at radius 3 is 1.37 bits per heavy atom. The molecule has 0 fully saturated rings. The van der Waals surface area contributed by atoms with Crippen LogP contribution < -0.4 is 0 Å². The van der Waals surface area contributed by atoms with Crippen LogP contribution in [0.3, 0.4) is 0 Å². The third kappa shape index (κ3) is 4.81. The minimum absolute atomic E-state index is 0.125. The van der Waals surface area contributed by atoms with Crippen molar-refractivity contribution in [2.45, 2.75) is 25.7 Å². The van der Waals surface area contributed by atoms with E-state index in [4.69, 9.17) is 10.5 Å². The van der Waals surface area contributed by atoms with E-state index in [9.17, 15) is 4.39 Å². The summed E-state index contributed by atoms with van der Waals surface area (Å²) < 4.78 is 14.8. The van der Waals surface area contributed by atoms with E-state index in [0.29, 0.717) is 24.0 Å². The second-order valence-electron chi connectivity index (χ2n) is 6.51. The summed E-state index contributed by atoms with van der Waals surface area (Å²) >= 11 is 0. The molecule has 27 heavy (non-hydrogen) atoms. The Bertz CT molecular complexity index is 911. The molecule has 2 nitrogen and oxygen atoms in total. The van der Waals surface area contributed by atoms with Crippen LogP contribution in [0.5, 0.6) is 0 Å². The summed E-state index contributed by atoms with van der Waals surface area (Å²) in [4.78, 5) is 0. The maximum atomic E-state index is 14.8. The van der Waals surface area contributed by atoms with E-state index in [-0.39, 0.29) is 5.82 Å². The number of hydrogen-bond acceptors (Lipinski definition) is 2. The monoisotopic (exact) mass is 354 g/mol. The first-order valence-electron chi connectivity index (χ1n) is 8.94. The highest BCUT2D eigenvalue weighted by atomic mass is 19.1. The zero-order chi connectivity index (χ0) is 19.1. The van der Waals surface area contributed by atoms with Crippen LogP contribution in [-0.2, 0) is 25.7 Å². The van der Waals surface area contributed by atoms with Gasteiger partial charge in [0.25, 0.3) is 0 Å². The molecule has 132 valence electrons. The lowest BCUT2D eigenvalue weighted by atomic mass is 9.98. The van der Waals surface area contributed by atoms with Crippen LogP contribution in [-0.4, -0.2) is 0 Å². The standard InChI is InChI=1S/C24H19FN2/c25-24-22(14-12-18-4-8-20(16-26)9-5-18)2-1-3-23(24)15-13-19-6-10-21(17-27)11-7-19/h1-11H,12-15H2. The van der Waals surface area contributed by atoms with Crippen molar-refractivity contribution in [3.63, 3.8) is 0 Å². The summed E-state index contributed by atoms with van der Waals surface area (Å²) in [6.45, 7) is 0. The zero-order valence-corrected chi connectivity index (χ0v) is 15.0. The lowest BCUT2D eigenvalue weighted by Crippen LogP contribution is -2.01. The Morgan fingerprint density at radius 1 is 0.593 bits per heavy atom. The second kappa shape index (κ2) is 8.79. The predicted octanol–water partition coefficient (Wildman–Crippen LogP) is 5.14. The highest BCUT2D eigenvalue weighted by molar-refractivity contribution is 5.34. The van der Waals surface area contributed by atoms with Crippen molar-refractivity contribution in [2.75, 3.05) is 0 Å². The molecule has 0 aromatic heterocycles. The van der Waals surface area contributed by atoms with Crippen LogP contribution in [0, 0.1) is 28.5 Å². The average Bonchev–Trinajstić information content (AvgIpc) is 2.73. The topological polar surface area (TPSA) is 47.6 Å². The summed E-state index contributed by atoms with van der Waals surface area (Å²) in [6, 6.07) is 24.6. The van der Waals surface area contributed by atoms with E-state index in [1.807, 2.05) is 42.5 Å². The van der Waals surface area contributed by atoms with Gasteiger partial charge in [0.2, 0.25) is 0 Å². The highest BCUT2D eigenvalue weighted by Crippen LogP contribution is 2.18. The molecule has 0 spiro atoms. The van der Waals surface area contributed by atoms with Gasteiger partial charge < -0.3 is 0 Å². The van der Waals surface area contributed by atoms with Crippen LogP contribution in [0.1, 0.15) is 33.4 Å². The third-order valence-corrected chi connectivity index (χ3v) is 4.69. The fourth-order valence-electron chi connectivity index (χ4n) is 3.07. The number of benzene rings is 3. The number of aryl methyl sites for hydroxylation is 4. The molecule has 0 radical (unpaired) electrons. The second-order valence-corrected chi connectivity index (χ2v) is 6.51. The lowest BCUT2D eigenvalue weighted by molar-refractivity contribution is 0.590. The molecule has 0 aliphatic heterocycles. The van der Waals surface area contributed by atoms with Crippen molar-refractivity contribution in [3.05, 3.63) is 106 Å². The third-order valence-electron chi connectivity index (χ3n) is 4.69. The Balaban J connectivity index is 1.64. The van der Waals surface area contributed by atoms with Crippen LogP contribution in [0.4, 0.5) is 4.39 Å². The highest BCUT2D eigenvalue weighted by Gasteiger charge is 2.09. The van der Waals surface area contributed by atoms with Crippen molar-refractivity contribution in [1.29, 1.82) is 10.5 Å². The minimum atomic E-state index is -0.125. The molecule has 3 heteroatoms. The molecular formula is C24H19FN2. The number of halogens is 1. The summed E-state index contributed by atoms with van der Waals surface area (Å²) in [5, 5.41) is 17.7. The van der Waals surface area contributed by atoms with E-state index >= 15 is 0 Å². The van der Waals surface area contributed by atoms with Gasteiger partial charge in [-0.05, 0) is 72.2 Å². The molecule has 0 atom stereocenters. The van der Waals surface area contributed by atoms with Crippen molar-refractivity contribution < 1.29 is 4.39 Å². The number of rotatable bonds is 6. The molecule has 0 saturated heterocycles.